The van der Waals surface area contributed by atoms with Gasteiger partial charge in [-0.3, -0.25) is 34.1 Å². The van der Waals surface area contributed by atoms with Crippen LogP contribution in [0.3, 0.4) is 0 Å². The van der Waals surface area contributed by atoms with Crippen LogP contribution in [-0.4, -0.2) is 55.3 Å². The van der Waals surface area contributed by atoms with E-state index in [2.05, 4.69) is 5.10 Å². The highest BCUT2D eigenvalue weighted by Gasteiger charge is 2.39. The maximum Gasteiger partial charge on any atom is 0.270 e. The van der Waals surface area contributed by atoms with E-state index in [9.17, 15) is 24.5 Å². The van der Waals surface area contributed by atoms with Crippen LogP contribution in [-0.2, 0) is 24.8 Å². The molecular formula is C18H17N5O5. The molecule has 2 aromatic rings. The number of benzene rings is 1. The molecular weight excluding hydrogens is 366 g/mol. The van der Waals surface area contributed by atoms with Crippen molar-refractivity contribution in [1.29, 1.82) is 0 Å². The Morgan fingerprint density at radius 3 is 2.68 bits per heavy atom. The van der Waals surface area contributed by atoms with Crippen LogP contribution >= 0.6 is 0 Å². The average molecular weight is 383 g/mol. The maximum absolute atomic E-state index is 12.7. The van der Waals surface area contributed by atoms with E-state index in [0.29, 0.717) is 19.5 Å². The molecule has 0 N–H and O–H groups in total. The van der Waals surface area contributed by atoms with Gasteiger partial charge in [0.15, 0.2) is 0 Å². The first-order chi connectivity index (χ1) is 13.3. The van der Waals surface area contributed by atoms with Gasteiger partial charge in [0.25, 0.3) is 17.5 Å². The van der Waals surface area contributed by atoms with E-state index < -0.39 is 23.3 Å². The lowest BCUT2D eigenvalue weighted by molar-refractivity contribution is -0.384. The quantitative estimate of drug-likeness (QED) is 0.440. The molecule has 0 unspecified atom stereocenters. The fraction of sp³-hybridized carbons (Fsp3) is 0.333. The Kier molecular flexibility index (Phi) is 3.98. The van der Waals surface area contributed by atoms with E-state index in [1.54, 1.807) is 9.58 Å². The van der Waals surface area contributed by atoms with E-state index in [4.69, 9.17) is 0 Å². The van der Waals surface area contributed by atoms with E-state index in [-0.39, 0.29) is 22.7 Å². The zero-order chi connectivity index (χ0) is 20.2. The number of imide groups is 1. The van der Waals surface area contributed by atoms with Gasteiger partial charge in [0.2, 0.25) is 5.91 Å². The summed E-state index contributed by atoms with van der Waals surface area (Å²) in [6.07, 6.45) is 0.662. The van der Waals surface area contributed by atoms with Crippen molar-refractivity contribution < 1.29 is 19.3 Å². The van der Waals surface area contributed by atoms with Crippen LogP contribution in [0.15, 0.2) is 18.2 Å². The molecule has 0 atom stereocenters. The Labute approximate surface area is 159 Å². The molecule has 1 aromatic heterocycles. The average Bonchev–Trinajstić information content (AvgIpc) is 3.09. The van der Waals surface area contributed by atoms with Crippen LogP contribution in [0.1, 0.15) is 37.7 Å². The number of hydrogen-bond acceptors (Lipinski definition) is 6. The fourth-order valence-electron chi connectivity index (χ4n) is 3.76. The van der Waals surface area contributed by atoms with Gasteiger partial charge < -0.3 is 4.90 Å². The zero-order valence-electron chi connectivity index (χ0n) is 15.3. The number of carbonyl (C=O) groups excluding carboxylic acids is 3. The van der Waals surface area contributed by atoms with Crippen molar-refractivity contribution in [2.45, 2.75) is 19.9 Å². The van der Waals surface area contributed by atoms with E-state index in [1.165, 1.54) is 12.1 Å². The SMILES string of the molecule is Cc1nn(C)c2c1CCN(C(=O)CN1C(=O)c3ccc([N+](=O)[O-])cc3C1=O)C2. The normalized spacial score (nSPS) is 15.6. The zero-order valence-corrected chi connectivity index (χ0v) is 15.3. The van der Waals surface area contributed by atoms with Crippen LogP contribution in [0.25, 0.3) is 0 Å². The Bertz CT molecular complexity index is 1060. The summed E-state index contributed by atoms with van der Waals surface area (Å²) < 4.78 is 1.74. The van der Waals surface area contributed by atoms with Gasteiger partial charge in [0.1, 0.15) is 6.54 Å². The second-order valence-electron chi connectivity index (χ2n) is 6.88. The van der Waals surface area contributed by atoms with Crippen LogP contribution in [0.5, 0.6) is 0 Å². The molecule has 2 aliphatic rings. The van der Waals surface area contributed by atoms with Gasteiger partial charge in [0, 0.05) is 25.7 Å². The molecule has 28 heavy (non-hydrogen) atoms. The van der Waals surface area contributed by atoms with Gasteiger partial charge in [0.05, 0.1) is 34.0 Å². The predicted molar refractivity (Wildman–Crippen MR) is 95.5 cm³/mol. The van der Waals surface area contributed by atoms with Crippen molar-refractivity contribution in [2.24, 2.45) is 7.05 Å². The molecule has 1 aromatic carbocycles. The topological polar surface area (TPSA) is 119 Å². The molecule has 4 rings (SSSR count). The van der Waals surface area contributed by atoms with Gasteiger partial charge in [-0.25, -0.2) is 0 Å². The summed E-state index contributed by atoms with van der Waals surface area (Å²) in [4.78, 5) is 50.5. The fourth-order valence-corrected chi connectivity index (χ4v) is 3.76. The van der Waals surface area contributed by atoms with Crippen molar-refractivity contribution in [2.75, 3.05) is 13.1 Å². The number of nitro benzene ring substituents is 1. The highest BCUT2D eigenvalue weighted by Crippen LogP contribution is 2.27. The molecule has 0 radical (unpaired) electrons. The lowest BCUT2D eigenvalue weighted by Crippen LogP contribution is -2.44. The Morgan fingerprint density at radius 2 is 1.96 bits per heavy atom. The van der Waals surface area contributed by atoms with E-state index in [1.807, 2.05) is 14.0 Å². The third-order valence-electron chi connectivity index (χ3n) is 5.26. The van der Waals surface area contributed by atoms with Crippen molar-refractivity contribution >= 4 is 23.4 Å². The summed E-state index contributed by atoms with van der Waals surface area (Å²) in [6, 6.07) is 3.50. The highest BCUT2D eigenvalue weighted by atomic mass is 16.6. The number of nitro groups is 1. The number of fused-ring (bicyclic) bond motifs is 2. The van der Waals surface area contributed by atoms with Gasteiger partial charge in [-0.2, -0.15) is 5.10 Å². The predicted octanol–water partition coefficient (Wildman–Crippen LogP) is 0.818. The van der Waals surface area contributed by atoms with Gasteiger partial charge >= 0.3 is 0 Å². The molecule has 0 aliphatic carbocycles. The number of hydrogen-bond donors (Lipinski definition) is 0. The monoisotopic (exact) mass is 383 g/mol. The van der Waals surface area contributed by atoms with Gasteiger partial charge in [-0.15, -0.1) is 0 Å². The minimum absolute atomic E-state index is 0.0461. The van der Waals surface area contributed by atoms with Crippen LogP contribution in [0, 0.1) is 17.0 Å². The number of nitrogens with zero attached hydrogens (tertiary/aromatic N) is 5. The number of rotatable bonds is 3. The number of aryl methyl sites for hydroxylation is 2. The number of amides is 3. The molecule has 0 spiro atoms. The third kappa shape index (κ3) is 2.65. The lowest BCUT2D eigenvalue weighted by Gasteiger charge is -2.29. The van der Waals surface area contributed by atoms with Gasteiger partial charge in [-0.1, -0.05) is 0 Å². The van der Waals surface area contributed by atoms with Crippen molar-refractivity contribution in [3.8, 4) is 0 Å². The summed E-state index contributed by atoms with van der Waals surface area (Å²) in [5.74, 6) is -1.66. The smallest absolute Gasteiger partial charge is 0.270 e. The first-order valence-electron chi connectivity index (χ1n) is 8.71. The van der Waals surface area contributed by atoms with Crippen LogP contribution in [0.4, 0.5) is 5.69 Å². The second-order valence-corrected chi connectivity index (χ2v) is 6.88. The summed E-state index contributed by atoms with van der Waals surface area (Å²) in [5.41, 5.74) is 2.76. The molecule has 144 valence electrons. The standard InChI is InChI=1S/C18H17N5O5/c1-10-12-5-6-21(8-15(12)20(2)19-10)16(24)9-22-17(25)13-4-3-11(23(27)28)7-14(13)18(22)26/h3-4,7H,5-6,8-9H2,1-2H3. The summed E-state index contributed by atoms with van der Waals surface area (Å²) in [6.45, 7) is 2.37. The molecule has 0 saturated carbocycles. The summed E-state index contributed by atoms with van der Waals surface area (Å²) >= 11 is 0. The van der Waals surface area contributed by atoms with Crippen molar-refractivity contribution in [3.05, 3.63) is 56.4 Å². The maximum atomic E-state index is 12.7. The third-order valence-corrected chi connectivity index (χ3v) is 5.26. The minimum atomic E-state index is -0.689. The highest BCUT2D eigenvalue weighted by molar-refractivity contribution is 6.22. The number of carbonyl (C=O) groups is 3. The minimum Gasteiger partial charge on any atom is -0.335 e. The van der Waals surface area contributed by atoms with Gasteiger partial charge in [-0.05, 0) is 25.0 Å². The molecule has 0 fully saturated rings. The molecule has 10 nitrogen and oxygen atoms in total. The molecule has 10 heteroatoms. The molecule has 2 aliphatic heterocycles. The molecule has 3 heterocycles. The lowest BCUT2D eigenvalue weighted by atomic mass is 10.0. The van der Waals surface area contributed by atoms with Crippen LogP contribution in [0.2, 0.25) is 0 Å². The first-order valence-corrected chi connectivity index (χ1v) is 8.71. The number of aromatic nitrogens is 2. The van der Waals surface area contributed by atoms with Crippen LogP contribution < -0.4 is 0 Å². The van der Waals surface area contributed by atoms with Crippen molar-refractivity contribution in [1.82, 2.24) is 19.6 Å². The van der Waals surface area contributed by atoms with Crippen molar-refractivity contribution in [3.63, 3.8) is 0 Å². The Balaban J connectivity index is 1.52. The molecule has 3 amide bonds. The van der Waals surface area contributed by atoms with E-state index >= 15 is 0 Å². The summed E-state index contributed by atoms with van der Waals surface area (Å²) in [7, 11) is 1.82. The largest absolute Gasteiger partial charge is 0.335 e. The molecule has 0 saturated heterocycles. The Morgan fingerprint density at radius 1 is 1.25 bits per heavy atom. The Hall–Kier alpha value is -3.56. The number of non-ortho nitro benzene ring substituents is 1. The molecule has 0 bridgehead atoms. The second kappa shape index (κ2) is 6.25. The first kappa shape index (κ1) is 17.8. The summed E-state index contributed by atoms with van der Waals surface area (Å²) in [5, 5.41) is 15.3. The van der Waals surface area contributed by atoms with E-state index in [0.717, 1.165) is 27.9 Å².